The molecule has 0 heteroatoms. The number of hydrogen-bond donors (Lipinski definition) is 0. The Bertz CT molecular complexity index is 541. The highest BCUT2D eigenvalue weighted by Gasteiger charge is 2.36. The van der Waals surface area contributed by atoms with E-state index in [9.17, 15) is 0 Å². The van der Waals surface area contributed by atoms with Gasteiger partial charge in [0.1, 0.15) is 0 Å². The molecular formula is C20H22. The fourth-order valence-electron chi connectivity index (χ4n) is 3.81. The van der Waals surface area contributed by atoms with Crippen molar-refractivity contribution in [3.63, 3.8) is 0 Å². The summed E-state index contributed by atoms with van der Waals surface area (Å²) in [6.45, 7) is 3.95. The van der Waals surface area contributed by atoms with Gasteiger partial charge < -0.3 is 0 Å². The Morgan fingerprint density at radius 3 is 2.05 bits per heavy atom. The SMILES string of the molecule is C=CC[C@@H]1CC[C@@H](c2ccccc2)[C@H]1c1ccccc1. The lowest BCUT2D eigenvalue weighted by Crippen LogP contribution is -2.11. The highest BCUT2D eigenvalue weighted by atomic mass is 14.4. The Hall–Kier alpha value is -1.82. The third-order valence-electron chi connectivity index (χ3n) is 4.67. The molecule has 0 spiro atoms. The molecule has 2 aromatic rings. The van der Waals surface area contributed by atoms with Crippen LogP contribution < -0.4 is 0 Å². The van der Waals surface area contributed by atoms with Gasteiger partial charge in [-0.2, -0.15) is 0 Å². The number of rotatable bonds is 4. The average molecular weight is 262 g/mol. The van der Waals surface area contributed by atoms with Gasteiger partial charge in [0.25, 0.3) is 0 Å². The highest BCUT2D eigenvalue weighted by molar-refractivity contribution is 5.31. The van der Waals surface area contributed by atoms with E-state index in [0.29, 0.717) is 11.8 Å². The maximum atomic E-state index is 3.95. The predicted molar refractivity (Wildman–Crippen MR) is 85.9 cm³/mol. The molecule has 0 nitrogen and oxygen atoms in total. The van der Waals surface area contributed by atoms with Crippen molar-refractivity contribution in [3.05, 3.63) is 84.4 Å². The highest BCUT2D eigenvalue weighted by Crippen LogP contribution is 2.50. The van der Waals surface area contributed by atoms with E-state index in [0.717, 1.165) is 12.3 Å². The van der Waals surface area contributed by atoms with Gasteiger partial charge in [0.15, 0.2) is 0 Å². The number of hydrogen-bond acceptors (Lipinski definition) is 0. The van der Waals surface area contributed by atoms with Crippen molar-refractivity contribution in [2.24, 2.45) is 5.92 Å². The Balaban J connectivity index is 1.96. The molecule has 0 radical (unpaired) electrons. The minimum atomic E-state index is 0.636. The molecule has 1 saturated carbocycles. The van der Waals surface area contributed by atoms with E-state index in [2.05, 4.69) is 73.3 Å². The summed E-state index contributed by atoms with van der Waals surface area (Å²) in [6, 6.07) is 22.0. The van der Waals surface area contributed by atoms with Crippen molar-refractivity contribution in [2.45, 2.75) is 31.1 Å². The summed E-state index contributed by atoms with van der Waals surface area (Å²) in [5.41, 5.74) is 2.98. The Labute approximate surface area is 122 Å². The summed E-state index contributed by atoms with van der Waals surface area (Å²) < 4.78 is 0. The molecule has 3 atom stereocenters. The van der Waals surface area contributed by atoms with Crippen LogP contribution in [0.4, 0.5) is 0 Å². The van der Waals surface area contributed by atoms with Crippen LogP contribution in [0.1, 0.15) is 42.2 Å². The van der Waals surface area contributed by atoms with Crippen LogP contribution in [0.3, 0.4) is 0 Å². The quantitative estimate of drug-likeness (QED) is 0.635. The van der Waals surface area contributed by atoms with Crippen LogP contribution in [0.25, 0.3) is 0 Å². The lowest BCUT2D eigenvalue weighted by Gasteiger charge is -2.25. The molecule has 3 rings (SSSR count). The molecule has 0 amide bonds. The molecule has 0 heterocycles. The lowest BCUT2D eigenvalue weighted by molar-refractivity contribution is 0.469. The second-order valence-electron chi connectivity index (χ2n) is 5.82. The monoisotopic (exact) mass is 262 g/mol. The van der Waals surface area contributed by atoms with Gasteiger partial charge in [-0.1, -0.05) is 66.7 Å². The van der Waals surface area contributed by atoms with Crippen molar-refractivity contribution in [1.29, 1.82) is 0 Å². The molecule has 1 aliphatic rings. The van der Waals surface area contributed by atoms with Gasteiger partial charge in [0.05, 0.1) is 0 Å². The van der Waals surface area contributed by atoms with E-state index in [-0.39, 0.29) is 0 Å². The summed E-state index contributed by atoms with van der Waals surface area (Å²) in [5.74, 6) is 2.03. The van der Waals surface area contributed by atoms with E-state index < -0.39 is 0 Å². The van der Waals surface area contributed by atoms with Crippen LogP contribution in [0.2, 0.25) is 0 Å². The van der Waals surface area contributed by atoms with Gasteiger partial charge >= 0.3 is 0 Å². The molecule has 0 unspecified atom stereocenters. The van der Waals surface area contributed by atoms with Gasteiger partial charge in [-0.3, -0.25) is 0 Å². The van der Waals surface area contributed by atoms with E-state index in [1.165, 1.54) is 24.0 Å². The van der Waals surface area contributed by atoms with E-state index in [4.69, 9.17) is 0 Å². The van der Waals surface area contributed by atoms with Crippen molar-refractivity contribution in [1.82, 2.24) is 0 Å². The molecule has 0 aliphatic heterocycles. The van der Waals surface area contributed by atoms with Crippen molar-refractivity contribution in [3.8, 4) is 0 Å². The maximum Gasteiger partial charge on any atom is -0.00618 e. The summed E-state index contributed by atoms with van der Waals surface area (Å²) >= 11 is 0. The molecule has 0 bridgehead atoms. The Kier molecular flexibility index (Phi) is 4.01. The van der Waals surface area contributed by atoms with Gasteiger partial charge in [0.2, 0.25) is 0 Å². The molecule has 0 aromatic heterocycles. The van der Waals surface area contributed by atoms with Gasteiger partial charge in [-0.25, -0.2) is 0 Å². The average Bonchev–Trinajstić information content (AvgIpc) is 2.93. The van der Waals surface area contributed by atoms with Crippen LogP contribution in [-0.4, -0.2) is 0 Å². The summed E-state index contributed by atoms with van der Waals surface area (Å²) in [4.78, 5) is 0. The van der Waals surface area contributed by atoms with E-state index >= 15 is 0 Å². The lowest BCUT2D eigenvalue weighted by atomic mass is 9.79. The minimum Gasteiger partial charge on any atom is -0.103 e. The normalized spacial score (nSPS) is 25.5. The topological polar surface area (TPSA) is 0 Å². The fourth-order valence-corrected chi connectivity index (χ4v) is 3.81. The first-order valence-electron chi connectivity index (χ1n) is 7.61. The second-order valence-corrected chi connectivity index (χ2v) is 5.82. The van der Waals surface area contributed by atoms with E-state index in [1.54, 1.807) is 0 Å². The van der Waals surface area contributed by atoms with Gasteiger partial charge in [-0.05, 0) is 48.1 Å². The Morgan fingerprint density at radius 1 is 0.850 bits per heavy atom. The van der Waals surface area contributed by atoms with E-state index in [1.807, 2.05) is 0 Å². The first-order valence-corrected chi connectivity index (χ1v) is 7.61. The Morgan fingerprint density at radius 2 is 1.45 bits per heavy atom. The van der Waals surface area contributed by atoms with Gasteiger partial charge in [0, 0.05) is 0 Å². The fraction of sp³-hybridized carbons (Fsp3) is 0.300. The maximum absolute atomic E-state index is 3.95. The first kappa shape index (κ1) is 13.2. The smallest absolute Gasteiger partial charge is 0.00618 e. The molecule has 0 N–H and O–H groups in total. The molecule has 1 aliphatic carbocycles. The van der Waals surface area contributed by atoms with Crippen LogP contribution >= 0.6 is 0 Å². The summed E-state index contributed by atoms with van der Waals surface area (Å²) in [7, 11) is 0. The third kappa shape index (κ3) is 2.56. The largest absolute Gasteiger partial charge is 0.103 e. The molecule has 20 heavy (non-hydrogen) atoms. The molecule has 1 fully saturated rings. The molecular weight excluding hydrogens is 240 g/mol. The zero-order chi connectivity index (χ0) is 13.8. The number of allylic oxidation sites excluding steroid dienone is 1. The zero-order valence-electron chi connectivity index (χ0n) is 11.9. The molecule has 0 saturated heterocycles. The molecule has 2 aromatic carbocycles. The predicted octanol–water partition coefficient (Wildman–Crippen LogP) is 5.54. The minimum absolute atomic E-state index is 0.636. The van der Waals surface area contributed by atoms with Crippen LogP contribution in [-0.2, 0) is 0 Å². The second kappa shape index (κ2) is 6.09. The first-order chi connectivity index (χ1) is 9.90. The third-order valence-corrected chi connectivity index (χ3v) is 4.67. The van der Waals surface area contributed by atoms with Crippen LogP contribution in [0.15, 0.2) is 73.3 Å². The molecule has 102 valence electrons. The number of benzene rings is 2. The van der Waals surface area contributed by atoms with Crippen LogP contribution in [0.5, 0.6) is 0 Å². The zero-order valence-corrected chi connectivity index (χ0v) is 11.9. The summed E-state index contributed by atoms with van der Waals surface area (Å²) in [5, 5.41) is 0. The van der Waals surface area contributed by atoms with Crippen molar-refractivity contribution < 1.29 is 0 Å². The van der Waals surface area contributed by atoms with Crippen molar-refractivity contribution in [2.75, 3.05) is 0 Å². The van der Waals surface area contributed by atoms with Crippen molar-refractivity contribution >= 4 is 0 Å². The standard InChI is InChI=1S/C20H22/c1-2-9-17-14-15-19(16-10-5-3-6-11-16)20(17)18-12-7-4-8-13-18/h2-8,10-13,17,19-20H,1,9,14-15H2/t17-,19+,20-/m1/s1. The summed E-state index contributed by atoms with van der Waals surface area (Å²) in [6.07, 6.45) is 5.82. The van der Waals surface area contributed by atoms with Crippen LogP contribution in [0, 0.1) is 5.92 Å². The van der Waals surface area contributed by atoms with Gasteiger partial charge in [-0.15, -0.1) is 6.58 Å².